The molecule has 2 aromatic rings. The molecule has 236 valence electrons. The van der Waals surface area contributed by atoms with Gasteiger partial charge in [0, 0.05) is 37.7 Å². The van der Waals surface area contributed by atoms with E-state index in [0.717, 1.165) is 21.6 Å². The molecule has 12 heteroatoms. The van der Waals surface area contributed by atoms with Crippen LogP contribution in [-0.4, -0.2) is 74.7 Å². The van der Waals surface area contributed by atoms with Gasteiger partial charge in [-0.2, -0.15) is 13.2 Å². The highest BCUT2D eigenvalue weighted by atomic mass is 19.4. The zero-order valence-corrected chi connectivity index (χ0v) is 25.0. The maximum atomic E-state index is 13.6. The number of ether oxygens (including phenoxy) is 3. The fraction of sp³-hybridized carbons (Fsp3) is 0.516. The minimum atomic E-state index is -4.93. The second-order valence-electron chi connectivity index (χ2n) is 10.2. The third kappa shape index (κ3) is 9.69. The molecule has 0 saturated heterocycles. The number of halogens is 3. The van der Waals surface area contributed by atoms with E-state index in [4.69, 9.17) is 14.2 Å². The van der Waals surface area contributed by atoms with Crippen LogP contribution in [0.25, 0.3) is 0 Å². The maximum Gasteiger partial charge on any atom is 0.471 e. The minimum Gasteiger partial charge on any atom is -0.466 e. The van der Waals surface area contributed by atoms with Crippen molar-refractivity contribution in [1.29, 1.82) is 0 Å². The quantitative estimate of drug-likeness (QED) is 0.258. The van der Waals surface area contributed by atoms with Crippen LogP contribution in [0.15, 0.2) is 42.5 Å². The number of esters is 1. The predicted octanol–water partition coefficient (Wildman–Crippen LogP) is 5.36. The summed E-state index contributed by atoms with van der Waals surface area (Å²) in [6.45, 7) is 8.16. The molecule has 3 amide bonds. The summed E-state index contributed by atoms with van der Waals surface area (Å²) in [4.78, 5) is 39.7. The number of anilines is 2. The van der Waals surface area contributed by atoms with Crippen LogP contribution in [0.2, 0.25) is 0 Å². The molecule has 1 atom stereocenters. The fourth-order valence-electron chi connectivity index (χ4n) is 4.88. The lowest BCUT2D eigenvalue weighted by Gasteiger charge is -2.28. The highest BCUT2D eigenvalue weighted by Crippen LogP contribution is 2.27. The lowest BCUT2D eigenvalue weighted by molar-refractivity contribution is -0.185. The van der Waals surface area contributed by atoms with Gasteiger partial charge in [-0.3, -0.25) is 14.5 Å². The molecule has 3 rings (SSSR count). The maximum absolute atomic E-state index is 13.6. The number of rotatable bonds is 12. The van der Waals surface area contributed by atoms with E-state index in [-0.39, 0.29) is 44.4 Å². The average Bonchev–Trinajstić information content (AvgIpc) is 3.18. The van der Waals surface area contributed by atoms with Crippen LogP contribution >= 0.6 is 0 Å². The number of alkyl halides is 3. The van der Waals surface area contributed by atoms with Crippen LogP contribution < -0.4 is 10.2 Å². The van der Waals surface area contributed by atoms with Gasteiger partial charge in [0.15, 0.2) is 6.29 Å². The second kappa shape index (κ2) is 15.7. The molecule has 0 radical (unpaired) electrons. The van der Waals surface area contributed by atoms with E-state index in [1.54, 1.807) is 44.2 Å². The zero-order valence-electron chi connectivity index (χ0n) is 25.0. The molecular formula is C31H40F3N3O6. The van der Waals surface area contributed by atoms with Crippen molar-refractivity contribution < 1.29 is 41.8 Å². The lowest BCUT2D eigenvalue weighted by atomic mass is 10.0. The summed E-state index contributed by atoms with van der Waals surface area (Å²) in [5.74, 6) is -2.43. The van der Waals surface area contributed by atoms with E-state index >= 15 is 0 Å². The number of carbonyl (C=O) groups is 3. The number of hydrogen-bond acceptors (Lipinski definition) is 6. The van der Waals surface area contributed by atoms with Crippen molar-refractivity contribution in [2.24, 2.45) is 5.92 Å². The molecule has 0 spiro atoms. The SMILES string of the molecule is CCOC(=O)C(C)Cc1ccc(NC(=O)N(CC(OCC)OCC)c2ccc3c(c2)CCN(C(=O)C(F)(F)F)CC3)cc1. The van der Waals surface area contributed by atoms with Crippen molar-refractivity contribution in [2.75, 3.05) is 49.7 Å². The summed E-state index contributed by atoms with van der Waals surface area (Å²) in [5.41, 5.74) is 3.53. The van der Waals surface area contributed by atoms with E-state index < -0.39 is 24.4 Å². The van der Waals surface area contributed by atoms with Crippen molar-refractivity contribution in [3.63, 3.8) is 0 Å². The number of nitrogens with one attached hydrogen (secondary N) is 1. The van der Waals surface area contributed by atoms with Crippen molar-refractivity contribution in [1.82, 2.24) is 4.90 Å². The summed E-state index contributed by atoms with van der Waals surface area (Å²) >= 11 is 0. The van der Waals surface area contributed by atoms with E-state index in [0.29, 0.717) is 37.6 Å². The topological polar surface area (TPSA) is 97.4 Å². The Labute approximate surface area is 250 Å². The van der Waals surface area contributed by atoms with Crippen molar-refractivity contribution >= 4 is 29.3 Å². The molecule has 1 aliphatic rings. The van der Waals surface area contributed by atoms with Gasteiger partial charge in [0.1, 0.15) is 0 Å². The number of amides is 3. The van der Waals surface area contributed by atoms with Crippen molar-refractivity contribution in [3.05, 3.63) is 59.2 Å². The Morgan fingerprint density at radius 1 is 0.930 bits per heavy atom. The van der Waals surface area contributed by atoms with E-state index in [1.165, 1.54) is 4.90 Å². The first-order chi connectivity index (χ1) is 20.5. The normalized spacial score (nSPS) is 14.1. The van der Waals surface area contributed by atoms with Gasteiger partial charge >= 0.3 is 24.1 Å². The summed E-state index contributed by atoms with van der Waals surface area (Å²) in [5, 5.41) is 2.89. The Bertz CT molecular complexity index is 1230. The van der Waals surface area contributed by atoms with Crippen LogP contribution in [0.4, 0.5) is 29.3 Å². The summed E-state index contributed by atoms with van der Waals surface area (Å²) < 4.78 is 55.6. The first kappa shape index (κ1) is 33.9. The van der Waals surface area contributed by atoms with Crippen LogP contribution in [-0.2, 0) is 43.1 Å². The number of urea groups is 1. The van der Waals surface area contributed by atoms with E-state index in [2.05, 4.69) is 5.32 Å². The lowest BCUT2D eigenvalue weighted by Crippen LogP contribution is -2.42. The molecule has 0 bridgehead atoms. The number of nitrogens with zero attached hydrogens (tertiary/aromatic N) is 2. The van der Waals surface area contributed by atoms with Crippen LogP contribution in [0.1, 0.15) is 44.4 Å². The largest absolute Gasteiger partial charge is 0.471 e. The monoisotopic (exact) mass is 607 g/mol. The van der Waals surface area contributed by atoms with Gasteiger partial charge in [-0.05, 0) is 81.0 Å². The molecule has 0 aliphatic carbocycles. The van der Waals surface area contributed by atoms with E-state index in [1.807, 2.05) is 26.0 Å². The molecular weight excluding hydrogens is 567 g/mol. The zero-order chi connectivity index (χ0) is 31.6. The highest BCUT2D eigenvalue weighted by molar-refractivity contribution is 6.01. The highest BCUT2D eigenvalue weighted by Gasteiger charge is 2.42. The van der Waals surface area contributed by atoms with Crippen LogP contribution in [0, 0.1) is 5.92 Å². The molecule has 0 saturated carbocycles. The molecule has 2 aromatic carbocycles. The summed E-state index contributed by atoms with van der Waals surface area (Å²) in [6, 6.07) is 12.0. The third-order valence-corrected chi connectivity index (χ3v) is 7.05. The Morgan fingerprint density at radius 3 is 2.14 bits per heavy atom. The predicted molar refractivity (Wildman–Crippen MR) is 156 cm³/mol. The Hall–Kier alpha value is -3.64. The first-order valence-corrected chi connectivity index (χ1v) is 14.5. The summed E-state index contributed by atoms with van der Waals surface area (Å²) in [7, 11) is 0. The number of benzene rings is 2. The van der Waals surface area contributed by atoms with Gasteiger partial charge in [-0.1, -0.05) is 25.1 Å². The molecule has 1 unspecified atom stereocenters. The van der Waals surface area contributed by atoms with Gasteiger partial charge in [-0.25, -0.2) is 4.79 Å². The number of fused-ring (bicyclic) bond motifs is 1. The molecule has 1 aliphatic heterocycles. The number of carbonyl (C=O) groups excluding carboxylic acids is 3. The Morgan fingerprint density at radius 2 is 1.56 bits per heavy atom. The Kier molecular flexibility index (Phi) is 12.4. The van der Waals surface area contributed by atoms with Crippen molar-refractivity contribution in [2.45, 2.75) is 59.4 Å². The molecule has 0 aromatic heterocycles. The van der Waals surface area contributed by atoms with Gasteiger partial charge < -0.3 is 24.4 Å². The third-order valence-electron chi connectivity index (χ3n) is 7.05. The van der Waals surface area contributed by atoms with Crippen molar-refractivity contribution in [3.8, 4) is 0 Å². The minimum absolute atomic E-state index is 0.0415. The van der Waals surface area contributed by atoms with Gasteiger partial charge in [0.25, 0.3) is 0 Å². The van der Waals surface area contributed by atoms with Crippen LogP contribution in [0.5, 0.6) is 0 Å². The molecule has 9 nitrogen and oxygen atoms in total. The van der Waals surface area contributed by atoms with Crippen LogP contribution in [0.3, 0.4) is 0 Å². The fourth-order valence-corrected chi connectivity index (χ4v) is 4.88. The second-order valence-corrected chi connectivity index (χ2v) is 10.2. The van der Waals surface area contributed by atoms with Gasteiger partial charge in [0.05, 0.1) is 19.1 Å². The molecule has 43 heavy (non-hydrogen) atoms. The van der Waals surface area contributed by atoms with Gasteiger partial charge in [0.2, 0.25) is 0 Å². The van der Waals surface area contributed by atoms with E-state index in [9.17, 15) is 27.6 Å². The van der Waals surface area contributed by atoms with Gasteiger partial charge in [-0.15, -0.1) is 0 Å². The molecule has 1 N–H and O–H groups in total. The number of hydrogen-bond donors (Lipinski definition) is 1. The average molecular weight is 608 g/mol. The summed E-state index contributed by atoms with van der Waals surface area (Å²) in [6.07, 6.45) is -4.67. The molecule has 0 fully saturated rings. The first-order valence-electron chi connectivity index (χ1n) is 14.5. The smallest absolute Gasteiger partial charge is 0.466 e. The molecule has 1 heterocycles. The Balaban J connectivity index is 1.81. The standard InChI is InChI=1S/C31H40F3N3O6/c1-5-41-27(42-6-2)20-37(30(40)35-25-11-8-22(9-12-25)18-21(4)28(38)43-7-3)26-13-10-23-14-16-36(17-15-24(23)19-26)29(39)31(32,33)34/h8-13,19,21,27H,5-7,14-18,20H2,1-4H3,(H,35,40).